The molecule has 0 unspecified atom stereocenters. The van der Waals surface area contributed by atoms with E-state index in [1.54, 1.807) is 62.8 Å². The highest BCUT2D eigenvalue weighted by atomic mass is 32.1. The minimum absolute atomic E-state index is 0.0281. The van der Waals surface area contributed by atoms with E-state index in [9.17, 15) is 0 Å². The summed E-state index contributed by atoms with van der Waals surface area (Å²) in [5.41, 5.74) is 0. The lowest BCUT2D eigenvalue weighted by Crippen LogP contribution is -2.13. The highest BCUT2D eigenvalue weighted by Crippen LogP contribution is 2.20. The van der Waals surface area contributed by atoms with Crippen LogP contribution in [0.4, 0.5) is 0 Å². The lowest BCUT2D eigenvalue weighted by molar-refractivity contribution is 0.396. The van der Waals surface area contributed by atoms with E-state index in [1.165, 1.54) is 0 Å². The first-order valence-corrected chi connectivity index (χ1v) is 6.30. The predicted octanol–water partition coefficient (Wildman–Crippen LogP) is 3.45. The summed E-state index contributed by atoms with van der Waals surface area (Å²) in [7, 11) is 3.21. The molecule has 104 valence electrons. The molecule has 20 heavy (non-hydrogen) atoms. The molecule has 0 saturated heterocycles. The van der Waals surface area contributed by atoms with Crippen LogP contribution in [0, 0.1) is 0 Å². The van der Waals surface area contributed by atoms with E-state index in [4.69, 9.17) is 31.2 Å². The Bertz CT molecular complexity index is 512. The lowest BCUT2D eigenvalue weighted by Gasteiger charge is -2.09. The van der Waals surface area contributed by atoms with Crippen molar-refractivity contribution in [3.05, 3.63) is 48.5 Å². The van der Waals surface area contributed by atoms with Crippen molar-refractivity contribution < 1.29 is 18.9 Å². The Kier molecular flexibility index (Phi) is 4.79. The number of hydrogen-bond acceptors (Lipinski definition) is 5. The second-order valence-corrected chi connectivity index (χ2v) is 4.14. The zero-order valence-corrected chi connectivity index (χ0v) is 12.0. The molecular formula is C15H14O4S. The Morgan fingerprint density at radius 1 is 0.650 bits per heavy atom. The van der Waals surface area contributed by atoms with Crippen molar-refractivity contribution in [2.24, 2.45) is 0 Å². The second kappa shape index (κ2) is 6.77. The van der Waals surface area contributed by atoms with Crippen LogP contribution >= 0.6 is 12.2 Å². The summed E-state index contributed by atoms with van der Waals surface area (Å²) in [6, 6.07) is 14.1. The summed E-state index contributed by atoms with van der Waals surface area (Å²) >= 11 is 5.03. The lowest BCUT2D eigenvalue weighted by atomic mass is 10.3. The average molecular weight is 290 g/mol. The highest BCUT2D eigenvalue weighted by molar-refractivity contribution is 7.79. The fourth-order valence-electron chi connectivity index (χ4n) is 1.50. The number of ether oxygens (including phenoxy) is 4. The van der Waals surface area contributed by atoms with Gasteiger partial charge in [-0.3, -0.25) is 0 Å². The molecule has 0 aliphatic heterocycles. The van der Waals surface area contributed by atoms with Crippen LogP contribution < -0.4 is 18.9 Å². The average Bonchev–Trinajstić information content (AvgIpc) is 2.49. The summed E-state index contributed by atoms with van der Waals surface area (Å²) in [4.78, 5) is 0. The Hall–Kier alpha value is -2.27. The number of hydrogen-bond donors (Lipinski definition) is 0. The van der Waals surface area contributed by atoms with Crippen LogP contribution in [0.3, 0.4) is 0 Å². The maximum atomic E-state index is 5.40. The quantitative estimate of drug-likeness (QED) is 0.806. The van der Waals surface area contributed by atoms with Gasteiger partial charge in [0, 0.05) is 12.2 Å². The summed E-state index contributed by atoms with van der Waals surface area (Å²) in [6.07, 6.45) is 0. The molecule has 0 heterocycles. The van der Waals surface area contributed by atoms with Gasteiger partial charge in [-0.25, -0.2) is 0 Å². The van der Waals surface area contributed by atoms with Gasteiger partial charge in [0.1, 0.15) is 23.0 Å². The summed E-state index contributed by atoms with van der Waals surface area (Å²) in [5, 5.41) is 0.0281. The standard InChI is InChI=1S/C15H14O4S/c1-16-11-3-7-13(8-4-11)18-15(20)19-14-9-5-12(17-2)6-10-14/h3-10H,1-2H3. The molecule has 0 bridgehead atoms. The number of methoxy groups -OCH3 is 2. The van der Waals surface area contributed by atoms with Crippen molar-refractivity contribution in [3.8, 4) is 23.0 Å². The van der Waals surface area contributed by atoms with Crippen molar-refractivity contribution in [2.45, 2.75) is 0 Å². The van der Waals surface area contributed by atoms with Crippen LogP contribution in [0.1, 0.15) is 0 Å². The van der Waals surface area contributed by atoms with Gasteiger partial charge in [-0.1, -0.05) is 0 Å². The van der Waals surface area contributed by atoms with Crippen LogP contribution in [0.2, 0.25) is 0 Å². The molecule has 2 aromatic carbocycles. The van der Waals surface area contributed by atoms with Gasteiger partial charge < -0.3 is 18.9 Å². The zero-order chi connectivity index (χ0) is 14.4. The van der Waals surface area contributed by atoms with Gasteiger partial charge in [0.05, 0.1) is 14.2 Å². The SMILES string of the molecule is COc1ccc(OC(=S)Oc2ccc(OC)cc2)cc1. The second-order valence-electron chi connectivity index (χ2n) is 3.81. The van der Waals surface area contributed by atoms with Crippen molar-refractivity contribution in [2.75, 3.05) is 14.2 Å². The molecule has 0 fully saturated rings. The van der Waals surface area contributed by atoms with Gasteiger partial charge in [-0.05, 0) is 48.5 Å². The fourth-order valence-corrected chi connectivity index (χ4v) is 1.69. The minimum atomic E-state index is 0.0281. The Morgan fingerprint density at radius 3 is 1.25 bits per heavy atom. The normalized spacial score (nSPS) is 9.70. The molecule has 0 aliphatic carbocycles. The molecule has 2 aromatic rings. The Labute approximate surface area is 122 Å². The topological polar surface area (TPSA) is 36.9 Å². The molecule has 4 nitrogen and oxygen atoms in total. The Balaban J connectivity index is 1.93. The van der Waals surface area contributed by atoms with Crippen LogP contribution in [-0.4, -0.2) is 19.5 Å². The van der Waals surface area contributed by atoms with E-state index < -0.39 is 0 Å². The van der Waals surface area contributed by atoms with Gasteiger partial charge >= 0.3 is 5.24 Å². The summed E-state index contributed by atoms with van der Waals surface area (Å²) < 4.78 is 20.9. The third kappa shape index (κ3) is 3.86. The monoisotopic (exact) mass is 290 g/mol. The molecule has 5 heteroatoms. The predicted molar refractivity (Wildman–Crippen MR) is 79.8 cm³/mol. The molecule has 0 amide bonds. The van der Waals surface area contributed by atoms with E-state index in [2.05, 4.69) is 0 Å². The maximum absolute atomic E-state index is 5.40. The smallest absolute Gasteiger partial charge is 0.363 e. The molecule has 0 spiro atoms. The van der Waals surface area contributed by atoms with Gasteiger partial charge in [0.25, 0.3) is 0 Å². The van der Waals surface area contributed by atoms with Crippen molar-refractivity contribution in [1.82, 2.24) is 0 Å². The maximum Gasteiger partial charge on any atom is 0.363 e. The molecule has 0 N–H and O–H groups in total. The van der Waals surface area contributed by atoms with Crippen LogP contribution in [0.5, 0.6) is 23.0 Å². The van der Waals surface area contributed by atoms with E-state index in [0.717, 1.165) is 11.5 Å². The van der Waals surface area contributed by atoms with E-state index in [-0.39, 0.29) is 5.24 Å². The molecule has 0 aromatic heterocycles. The third-order valence-corrected chi connectivity index (χ3v) is 2.69. The number of thiocarbonyl (C=S) groups is 1. The molecule has 0 saturated carbocycles. The highest BCUT2D eigenvalue weighted by Gasteiger charge is 2.04. The van der Waals surface area contributed by atoms with Gasteiger partial charge in [-0.15, -0.1) is 0 Å². The number of rotatable bonds is 4. The first kappa shape index (κ1) is 14.1. The van der Waals surface area contributed by atoms with Gasteiger partial charge in [0.2, 0.25) is 0 Å². The van der Waals surface area contributed by atoms with Crippen LogP contribution in [0.15, 0.2) is 48.5 Å². The molecule has 0 radical (unpaired) electrons. The van der Waals surface area contributed by atoms with Gasteiger partial charge in [-0.2, -0.15) is 0 Å². The van der Waals surface area contributed by atoms with Gasteiger partial charge in [0.15, 0.2) is 0 Å². The van der Waals surface area contributed by atoms with E-state index >= 15 is 0 Å². The molecule has 2 rings (SSSR count). The summed E-state index contributed by atoms with van der Waals surface area (Å²) in [5.74, 6) is 2.67. The third-order valence-electron chi connectivity index (χ3n) is 2.52. The van der Waals surface area contributed by atoms with Crippen LogP contribution in [0.25, 0.3) is 0 Å². The largest absolute Gasteiger partial charge is 0.497 e. The Morgan fingerprint density at radius 2 is 0.950 bits per heavy atom. The summed E-state index contributed by atoms with van der Waals surface area (Å²) in [6.45, 7) is 0. The van der Waals surface area contributed by atoms with E-state index in [1.807, 2.05) is 0 Å². The van der Waals surface area contributed by atoms with Crippen molar-refractivity contribution >= 4 is 17.5 Å². The first-order chi connectivity index (χ1) is 9.71. The zero-order valence-electron chi connectivity index (χ0n) is 11.2. The molecular weight excluding hydrogens is 276 g/mol. The first-order valence-electron chi connectivity index (χ1n) is 5.89. The molecule has 0 aliphatic rings. The van der Waals surface area contributed by atoms with Crippen LogP contribution in [-0.2, 0) is 0 Å². The molecule has 0 atom stereocenters. The van der Waals surface area contributed by atoms with Crippen molar-refractivity contribution in [3.63, 3.8) is 0 Å². The minimum Gasteiger partial charge on any atom is -0.497 e. The van der Waals surface area contributed by atoms with Crippen molar-refractivity contribution in [1.29, 1.82) is 0 Å². The fraction of sp³-hybridized carbons (Fsp3) is 0.133. The van der Waals surface area contributed by atoms with E-state index in [0.29, 0.717) is 11.5 Å². The number of benzene rings is 2.